The summed E-state index contributed by atoms with van der Waals surface area (Å²) in [7, 11) is 1.54. The fourth-order valence-corrected chi connectivity index (χ4v) is 2.06. The minimum Gasteiger partial charge on any atom is -0.467 e. The van der Waals surface area contributed by atoms with Gasteiger partial charge in [-0.3, -0.25) is 0 Å². The largest absolute Gasteiger partial charge is 0.467 e. The fourth-order valence-electron chi connectivity index (χ4n) is 1.90. The van der Waals surface area contributed by atoms with E-state index >= 15 is 0 Å². The molecule has 2 rings (SSSR count). The van der Waals surface area contributed by atoms with Crippen LogP contribution in [-0.2, 0) is 0 Å². The van der Waals surface area contributed by atoms with E-state index in [2.05, 4.69) is 65.0 Å². The van der Waals surface area contributed by atoms with Gasteiger partial charge in [-0.1, -0.05) is 6.92 Å². The third kappa shape index (κ3) is 9.37. The number of ether oxygens (including phenoxy) is 1. The third-order valence-corrected chi connectivity index (χ3v) is 3.57. The Bertz CT molecular complexity index is 709. The van der Waals surface area contributed by atoms with Crippen molar-refractivity contribution in [3.63, 3.8) is 0 Å². The fraction of sp³-hybridized carbons (Fsp3) is 0.647. The quantitative estimate of drug-likeness (QED) is 0.446. The number of hydrogen-bond donors (Lipinski definition) is 4. The molecule has 0 amide bonds. The average molecular weight is 427 g/mol. The van der Waals surface area contributed by atoms with Gasteiger partial charge < -0.3 is 26.0 Å². The van der Waals surface area contributed by atoms with Crippen molar-refractivity contribution in [1.82, 2.24) is 29.9 Å². The van der Waals surface area contributed by atoms with Crippen molar-refractivity contribution in [2.24, 2.45) is 0 Å². The van der Waals surface area contributed by atoms with E-state index in [1.54, 1.807) is 0 Å². The lowest BCUT2D eigenvalue weighted by Gasteiger charge is -2.12. The molecule has 2 aromatic rings. The first-order chi connectivity index (χ1) is 13.9. The van der Waals surface area contributed by atoms with Gasteiger partial charge in [0.15, 0.2) is 0 Å². The molecule has 0 aromatic carbocycles. The highest BCUT2D eigenvalue weighted by Gasteiger charge is 2.07. The molecule has 0 spiro atoms. The highest BCUT2D eigenvalue weighted by Crippen LogP contribution is 2.12. The van der Waals surface area contributed by atoms with Gasteiger partial charge in [0.2, 0.25) is 29.1 Å². The van der Waals surface area contributed by atoms with Crippen LogP contribution in [-0.4, -0.2) is 62.7 Å². The summed E-state index contributed by atoms with van der Waals surface area (Å²) in [6, 6.07) is 0.637. The van der Waals surface area contributed by atoms with Crippen molar-refractivity contribution >= 4 is 35.4 Å². The summed E-state index contributed by atoms with van der Waals surface area (Å²) in [5.41, 5.74) is 0. The van der Waals surface area contributed by atoms with Crippen molar-refractivity contribution in [1.29, 1.82) is 0 Å². The number of aromatic nitrogens is 6. The molecule has 1 unspecified atom stereocenters. The molecule has 1 atom stereocenters. The van der Waals surface area contributed by atoms with Crippen molar-refractivity contribution in [2.75, 3.05) is 48.0 Å². The van der Waals surface area contributed by atoms with Crippen LogP contribution in [0.1, 0.15) is 41.0 Å². The van der Waals surface area contributed by atoms with Crippen LogP contribution in [0, 0.1) is 0 Å². The summed E-state index contributed by atoms with van der Waals surface area (Å²) in [4.78, 5) is 24.3. The predicted molar refractivity (Wildman–Crippen MR) is 117 cm³/mol. The first-order valence-corrected chi connectivity index (χ1v) is 10.0. The molecule has 2 aromatic heterocycles. The average Bonchev–Trinajstić information content (AvgIpc) is 2.68. The Morgan fingerprint density at radius 2 is 1.21 bits per heavy atom. The lowest BCUT2D eigenvalue weighted by molar-refractivity contribution is 0.379. The van der Waals surface area contributed by atoms with E-state index in [9.17, 15) is 0 Å². The molecule has 0 aliphatic heterocycles. The van der Waals surface area contributed by atoms with Crippen LogP contribution in [0.15, 0.2) is 0 Å². The second-order valence-corrected chi connectivity index (χ2v) is 6.10. The zero-order valence-corrected chi connectivity index (χ0v) is 18.6. The van der Waals surface area contributed by atoms with Gasteiger partial charge in [-0.05, 0) is 45.7 Å². The van der Waals surface area contributed by atoms with Gasteiger partial charge in [0.25, 0.3) is 0 Å². The minimum atomic E-state index is 0.196. The lowest BCUT2D eigenvalue weighted by atomic mass is 10.3. The number of nitrogens with one attached hydrogen (secondary N) is 4. The van der Waals surface area contributed by atoms with E-state index in [0.717, 1.165) is 26.1 Å². The first kappa shape index (κ1) is 24.3. The van der Waals surface area contributed by atoms with Crippen LogP contribution in [0.3, 0.4) is 0 Å². The molecule has 0 radical (unpaired) electrons. The molecule has 4 N–H and O–H groups in total. The molecular weight excluding hydrogens is 396 g/mol. The van der Waals surface area contributed by atoms with Gasteiger partial charge in [0, 0.05) is 25.7 Å². The molecule has 12 heteroatoms. The Morgan fingerprint density at radius 1 is 0.759 bits per heavy atom. The Morgan fingerprint density at radius 3 is 1.66 bits per heavy atom. The zero-order chi connectivity index (χ0) is 21.6. The third-order valence-electron chi connectivity index (χ3n) is 3.40. The normalized spacial score (nSPS) is 11.0. The molecule has 0 bridgehead atoms. The van der Waals surface area contributed by atoms with Crippen LogP contribution >= 0.6 is 11.6 Å². The van der Waals surface area contributed by atoms with Gasteiger partial charge in [-0.15, -0.1) is 0 Å². The molecule has 2 heterocycles. The predicted octanol–water partition coefficient (Wildman–Crippen LogP) is 2.91. The molecule has 0 saturated carbocycles. The van der Waals surface area contributed by atoms with Crippen LogP contribution in [0.25, 0.3) is 0 Å². The maximum atomic E-state index is 5.68. The lowest BCUT2D eigenvalue weighted by Crippen LogP contribution is -2.17. The van der Waals surface area contributed by atoms with E-state index in [1.807, 2.05) is 20.8 Å². The second-order valence-electron chi connectivity index (χ2n) is 5.77. The molecule has 0 aliphatic rings. The highest BCUT2D eigenvalue weighted by molar-refractivity contribution is 6.28. The van der Waals surface area contributed by atoms with Gasteiger partial charge in [0.1, 0.15) is 0 Å². The van der Waals surface area contributed by atoms with Crippen LogP contribution in [0.5, 0.6) is 6.01 Å². The molecule has 11 nitrogen and oxygen atoms in total. The second kappa shape index (κ2) is 13.5. The zero-order valence-electron chi connectivity index (χ0n) is 17.9. The van der Waals surface area contributed by atoms with Gasteiger partial charge in [-0.25, -0.2) is 0 Å². The van der Waals surface area contributed by atoms with Crippen LogP contribution in [0.4, 0.5) is 23.8 Å². The van der Waals surface area contributed by atoms with Crippen molar-refractivity contribution in [3.05, 3.63) is 5.28 Å². The number of rotatable bonds is 10. The molecule has 0 fully saturated rings. The summed E-state index contributed by atoms with van der Waals surface area (Å²) >= 11 is 5.68. The maximum absolute atomic E-state index is 5.68. The molecule has 29 heavy (non-hydrogen) atoms. The Kier molecular flexibility index (Phi) is 11.3. The number of hydrogen-bond acceptors (Lipinski definition) is 11. The van der Waals surface area contributed by atoms with E-state index in [-0.39, 0.29) is 5.28 Å². The van der Waals surface area contributed by atoms with E-state index in [1.165, 1.54) is 7.11 Å². The standard InChI is InChI=1S/C10H19N5O.C7H12ClN5/c1-5-7(3)12-9-13-8(11-6-2)14-10(15-9)16-4;1-3-9-6-11-5(8)12-7(13-6)10-4-2/h7H,5-6H2,1-4H3,(H2,11,12,13,14,15);3-4H2,1-2H3,(H2,9,10,11,12,13). The smallest absolute Gasteiger partial charge is 0.322 e. The van der Waals surface area contributed by atoms with Gasteiger partial charge >= 0.3 is 6.01 Å². The SMILES string of the molecule is CCNc1nc(Cl)nc(NCC)n1.CCNc1nc(NC(C)CC)nc(OC)n1. The van der Waals surface area contributed by atoms with Crippen molar-refractivity contribution in [3.8, 4) is 6.01 Å². The number of nitrogens with zero attached hydrogens (tertiary/aromatic N) is 6. The van der Waals surface area contributed by atoms with E-state index in [0.29, 0.717) is 35.8 Å². The van der Waals surface area contributed by atoms with Crippen molar-refractivity contribution in [2.45, 2.75) is 47.1 Å². The first-order valence-electron chi connectivity index (χ1n) is 9.65. The number of halogens is 1. The summed E-state index contributed by atoms with van der Waals surface area (Å²) in [5, 5.41) is 12.3. The summed E-state index contributed by atoms with van der Waals surface area (Å²) in [6.45, 7) is 12.4. The summed E-state index contributed by atoms with van der Waals surface area (Å²) < 4.78 is 5.01. The topological polar surface area (TPSA) is 135 Å². The van der Waals surface area contributed by atoms with E-state index in [4.69, 9.17) is 16.3 Å². The van der Waals surface area contributed by atoms with Crippen molar-refractivity contribution < 1.29 is 4.74 Å². The monoisotopic (exact) mass is 426 g/mol. The Balaban J connectivity index is 0.000000296. The molecule has 0 aliphatic carbocycles. The van der Waals surface area contributed by atoms with Crippen LogP contribution in [0.2, 0.25) is 5.28 Å². The van der Waals surface area contributed by atoms with Crippen LogP contribution < -0.4 is 26.0 Å². The van der Waals surface area contributed by atoms with E-state index < -0.39 is 0 Å². The number of methoxy groups -OCH3 is 1. The molecular formula is C17H31ClN10O. The van der Waals surface area contributed by atoms with Gasteiger partial charge in [-0.2, -0.15) is 29.9 Å². The maximum Gasteiger partial charge on any atom is 0.322 e. The molecule has 0 saturated heterocycles. The molecule has 162 valence electrons. The van der Waals surface area contributed by atoms with Gasteiger partial charge in [0.05, 0.1) is 7.11 Å². The Labute approximate surface area is 176 Å². The highest BCUT2D eigenvalue weighted by atomic mass is 35.5. The number of anilines is 4. The minimum absolute atomic E-state index is 0.196. The Hall–Kier alpha value is -2.69. The summed E-state index contributed by atoms with van der Waals surface area (Å²) in [5.74, 6) is 2.06. The summed E-state index contributed by atoms with van der Waals surface area (Å²) in [6.07, 6.45) is 1.00.